The molecule has 21 heavy (non-hydrogen) atoms. The minimum atomic E-state index is -0.307. The number of piperidine rings is 1. The maximum atomic E-state index is 11.0. The van der Waals surface area contributed by atoms with Gasteiger partial charge in [0, 0.05) is 36.8 Å². The van der Waals surface area contributed by atoms with Crippen LogP contribution in [0.4, 0.5) is 11.4 Å². The molecule has 5 nitrogen and oxygen atoms in total. The smallest absolute Gasteiger partial charge is 0.271 e. The molecule has 2 aliphatic heterocycles. The SMILES string of the molecule is CC1C(CC2CCNCC2)c2ccc([N+](=O)[O-])cc2N1C. The van der Waals surface area contributed by atoms with Crippen LogP contribution in [0.25, 0.3) is 0 Å². The molecule has 0 aromatic heterocycles. The first-order valence-electron chi connectivity index (χ1n) is 7.80. The largest absolute Gasteiger partial charge is 0.371 e. The highest BCUT2D eigenvalue weighted by atomic mass is 16.6. The van der Waals surface area contributed by atoms with E-state index in [9.17, 15) is 10.1 Å². The number of anilines is 1. The molecule has 114 valence electrons. The van der Waals surface area contributed by atoms with Gasteiger partial charge in [0.1, 0.15) is 0 Å². The summed E-state index contributed by atoms with van der Waals surface area (Å²) in [5.74, 6) is 1.27. The van der Waals surface area contributed by atoms with Crippen molar-refractivity contribution in [3.8, 4) is 0 Å². The van der Waals surface area contributed by atoms with Gasteiger partial charge in [0.05, 0.1) is 4.92 Å². The summed E-state index contributed by atoms with van der Waals surface area (Å²) in [6.45, 7) is 4.47. The zero-order chi connectivity index (χ0) is 15.0. The summed E-state index contributed by atoms with van der Waals surface area (Å²) in [5.41, 5.74) is 2.51. The number of likely N-dealkylation sites (N-methyl/N-ethyl adjacent to an activating group) is 1. The molecule has 2 heterocycles. The van der Waals surface area contributed by atoms with Crippen molar-refractivity contribution in [1.82, 2.24) is 5.32 Å². The van der Waals surface area contributed by atoms with Gasteiger partial charge in [-0.1, -0.05) is 0 Å². The number of non-ortho nitro benzene ring substituents is 1. The lowest BCUT2D eigenvalue weighted by molar-refractivity contribution is -0.384. The Hall–Kier alpha value is -1.62. The van der Waals surface area contributed by atoms with Crippen LogP contribution >= 0.6 is 0 Å². The van der Waals surface area contributed by atoms with Gasteiger partial charge in [-0.25, -0.2) is 0 Å². The van der Waals surface area contributed by atoms with Crippen molar-refractivity contribution in [3.05, 3.63) is 33.9 Å². The van der Waals surface area contributed by atoms with Crippen molar-refractivity contribution in [3.63, 3.8) is 0 Å². The Labute approximate surface area is 125 Å². The van der Waals surface area contributed by atoms with Crippen LogP contribution in [0.15, 0.2) is 18.2 Å². The maximum Gasteiger partial charge on any atom is 0.271 e. The van der Waals surface area contributed by atoms with Gasteiger partial charge in [0.2, 0.25) is 0 Å². The third kappa shape index (κ3) is 2.62. The second kappa shape index (κ2) is 5.64. The highest BCUT2D eigenvalue weighted by Crippen LogP contribution is 2.45. The quantitative estimate of drug-likeness (QED) is 0.686. The molecule has 2 aliphatic rings. The maximum absolute atomic E-state index is 11.0. The van der Waals surface area contributed by atoms with Crippen molar-refractivity contribution in [2.45, 2.75) is 38.1 Å². The molecule has 1 fully saturated rings. The number of hydrogen-bond donors (Lipinski definition) is 1. The van der Waals surface area contributed by atoms with E-state index in [1.165, 1.54) is 24.8 Å². The molecule has 1 saturated heterocycles. The topological polar surface area (TPSA) is 58.4 Å². The molecule has 0 bridgehead atoms. The van der Waals surface area contributed by atoms with Crippen molar-refractivity contribution < 1.29 is 4.92 Å². The number of rotatable bonds is 3. The normalized spacial score (nSPS) is 25.9. The monoisotopic (exact) mass is 289 g/mol. The fraction of sp³-hybridized carbons (Fsp3) is 0.625. The number of nitrogens with zero attached hydrogens (tertiary/aromatic N) is 2. The summed E-state index contributed by atoms with van der Waals surface area (Å²) in [4.78, 5) is 12.9. The lowest BCUT2D eigenvalue weighted by Gasteiger charge is -2.28. The predicted octanol–water partition coefficient (Wildman–Crippen LogP) is 2.91. The third-order valence-corrected chi connectivity index (χ3v) is 5.24. The van der Waals surface area contributed by atoms with Crippen LogP contribution in [0.5, 0.6) is 0 Å². The summed E-state index contributed by atoms with van der Waals surface area (Å²) in [5, 5.41) is 14.4. The van der Waals surface area contributed by atoms with Gasteiger partial charge in [0.15, 0.2) is 0 Å². The fourth-order valence-corrected chi connectivity index (χ4v) is 3.81. The molecule has 0 saturated carbocycles. The van der Waals surface area contributed by atoms with Crippen LogP contribution in [0.3, 0.4) is 0 Å². The summed E-state index contributed by atoms with van der Waals surface area (Å²) in [6.07, 6.45) is 3.68. The average molecular weight is 289 g/mol. The molecule has 0 aliphatic carbocycles. The van der Waals surface area contributed by atoms with E-state index < -0.39 is 0 Å². The van der Waals surface area contributed by atoms with Crippen molar-refractivity contribution in [2.24, 2.45) is 5.92 Å². The molecule has 3 rings (SSSR count). The first kappa shape index (κ1) is 14.3. The molecule has 0 spiro atoms. The van der Waals surface area contributed by atoms with Gasteiger partial charge in [-0.05, 0) is 56.8 Å². The molecule has 0 amide bonds. The standard InChI is InChI=1S/C16H23N3O2/c1-11-15(9-12-5-7-17-8-6-12)14-4-3-13(19(20)21)10-16(14)18(11)2/h3-4,10-12,15,17H,5-9H2,1-2H3. The molecule has 1 N–H and O–H groups in total. The van der Waals surface area contributed by atoms with Crippen molar-refractivity contribution in [1.29, 1.82) is 0 Å². The van der Waals surface area contributed by atoms with E-state index in [1.807, 2.05) is 6.07 Å². The second-order valence-corrected chi connectivity index (χ2v) is 6.39. The number of benzene rings is 1. The number of nitrogens with one attached hydrogen (secondary N) is 1. The number of fused-ring (bicyclic) bond motifs is 1. The Morgan fingerprint density at radius 2 is 2.10 bits per heavy atom. The van der Waals surface area contributed by atoms with Crippen LogP contribution in [-0.2, 0) is 0 Å². The zero-order valence-corrected chi connectivity index (χ0v) is 12.7. The second-order valence-electron chi connectivity index (χ2n) is 6.39. The summed E-state index contributed by atoms with van der Waals surface area (Å²) >= 11 is 0. The van der Waals surface area contributed by atoms with Crippen LogP contribution in [-0.4, -0.2) is 31.1 Å². The molecule has 1 aromatic rings. The lowest BCUT2D eigenvalue weighted by Crippen LogP contribution is -2.32. The predicted molar refractivity (Wildman–Crippen MR) is 83.9 cm³/mol. The summed E-state index contributed by atoms with van der Waals surface area (Å²) in [7, 11) is 2.05. The van der Waals surface area contributed by atoms with E-state index in [1.54, 1.807) is 12.1 Å². The average Bonchev–Trinajstić information content (AvgIpc) is 2.73. The van der Waals surface area contributed by atoms with Gasteiger partial charge >= 0.3 is 0 Å². The van der Waals surface area contributed by atoms with Gasteiger partial charge in [0.25, 0.3) is 5.69 Å². The minimum Gasteiger partial charge on any atom is -0.371 e. The van der Waals surface area contributed by atoms with Gasteiger partial charge in [-0.2, -0.15) is 0 Å². The van der Waals surface area contributed by atoms with Crippen molar-refractivity contribution in [2.75, 3.05) is 25.0 Å². The Morgan fingerprint density at radius 1 is 1.38 bits per heavy atom. The van der Waals surface area contributed by atoms with E-state index in [0.29, 0.717) is 12.0 Å². The van der Waals surface area contributed by atoms with E-state index >= 15 is 0 Å². The molecule has 2 unspecified atom stereocenters. The van der Waals surface area contributed by atoms with Crippen LogP contribution in [0.1, 0.15) is 37.7 Å². The van der Waals surface area contributed by atoms with E-state index in [4.69, 9.17) is 0 Å². The number of nitro groups is 1. The van der Waals surface area contributed by atoms with Gasteiger partial charge < -0.3 is 10.2 Å². The van der Waals surface area contributed by atoms with Crippen LogP contribution < -0.4 is 10.2 Å². The lowest BCUT2D eigenvalue weighted by atomic mass is 9.82. The van der Waals surface area contributed by atoms with Crippen molar-refractivity contribution >= 4 is 11.4 Å². The first-order valence-corrected chi connectivity index (χ1v) is 7.80. The van der Waals surface area contributed by atoms with E-state index in [2.05, 4.69) is 24.2 Å². The minimum absolute atomic E-state index is 0.190. The first-order chi connectivity index (χ1) is 10.1. The summed E-state index contributed by atoms with van der Waals surface area (Å²) in [6, 6.07) is 5.77. The van der Waals surface area contributed by atoms with Gasteiger partial charge in [-0.15, -0.1) is 0 Å². The van der Waals surface area contributed by atoms with Crippen LogP contribution in [0.2, 0.25) is 0 Å². The Bertz CT molecular complexity index is 540. The van der Waals surface area contributed by atoms with E-state index in [0.717, 1.165) is 24.7 Å². The molecular weight excluding hydrogens is 266 g/mol. The molecule has 1 aromatic carbocycles. The molecule has 0 radical (unpaired) electrons. The molecular formula is C16H23N3O2. The zero-order valence-electron chi connectivity index (χ0n) is 12.7. The number of hydrogen-bond acceptors (Lipinski definition) is 4. The summed E-state index contributed by atoms with van der Waals surface area (Å²) < 4.78 is 0. The Morgan fingerprint density at radius 3 is 2.76 bits per heavy atom. The molecule has 2 atom stereocenters. The third-order valence-electron chi connectivity index (χ3n) is 5.24. The highest BCUT2D eigenvalue weighted by Gasteiger charge is 2.36. The highest BCUT2D eigenvalue weighted by molar-refractivity contribution is 5.65. The fourth-order valence-electron chi connectivity index (χ4n) is 3.81. The Balaban J connectivity index is 1.85. The van der Waals surface area contributed by atoms with Crippen LogP contribution in [0, 0.1) is 16.0 Å². The van der Waals surface area contributed by atoms with Gasteiger partial charge in [-0.3, -0.25) is 10.1 Å². The van der Waals surface area contributed by atoms with E-state index in [-0.39, 0.29) is 10.6 Å². The molecule has 5 heteroatoms. The Kier molecular flexibility index (Phi) is 3.85. The number of nitro benzene ring substituents is 1.